The Kier molecular flexibility index (Phi) is 7.80. The van der Waals surface area contributed by atoms with E-state index in [-0.39, 0.29) is 12.5 Å². The van der Waals surface area contributed by atoms with Gasteiger partial charge in [0, 0.05) is 37.5 Å². The molecule has 0 aliphatic rings. The molecule has 0 saturated heterocycles. The summed E-state index contributed by atoms with van der Waals surface area (Å²) in [5, 5.41) is 3.35. The van der Waals surface area contributed by atoms with Gasteiger partial charge in [-0.05, 0) is 18.6 Å². The summed E-state index contributed by atoms with van der Waals surface area (Å²) in [5.41, 5.74) is 1.62. The van der Waals surface area contributed by atoms with Crippen molar-refractivity contribution >= 4 is 34.8 Å². The average molecular weight is 386 g/mol. The van der Waals surface area contributed by atoms with Crippen LogP contribution in [-0.4, -0.2) is 49.9 Å². The molecule has 150 valence electrons. The summed E-state index contributed by atoms with van der Waals surface area (Å²) in [6.45, 7) is 1.59. The molecule has 1 aromatic carbocycles. The smallest absolute Gasteiger partial charge is 0.331 e. The van der Waals surface area contributed by atoms with Gasteiger partial charge in [-0.2, -0.15) is 0 Å². The monoisotopic (exact) mass is 386 g/mol. The number of amides is 2. The number of likely N-dealkylation sites (N-methyl/N-ethyl adjacent to an activating group) is 2. The zero-order valence-electron chi connectivity index (χ0n) is 16.5. The number of carbonyl (C=O) groups is 3. The fourth-order valence-corrected chi connectivity index (χ4v) is 2.65. The normalized spacial score (nSPS) is 11.0. The maximum Gasteiger partial charge on any atom is 0.331 e. The first kappa shape index (κ1) is 21.2. The van der Waals surface area contributed by atoms with Gasteiger partial charge in [0.25, 0.3) is 5.91 Å². The van der Waals surface area contributed by atoms with Crippen molar-refractivity contribution in [3.05, 3.63) is 41.7 Å². The van der Waals surface area contributed by atoms with Crippen molar-refractivity contribution in [3.8, 4) is 0 Å². The van der Waals surface area contributed by atoms with E-state index in [4.69, 9.17) is 9.15 Å². The first-order valence-corrected chi connectivity index (χ1v) is 9.26. The number of ether oxygens (including phenoxy) is 1. The molecule has 0 saturated carbocycles. The Morgan fingerprint density at radius 2 is 2.00 bits per heavy atom. The molecule has 0 aliphatic carbocycles. The fraction of sp³-hybridized carbons (Fsp3) is 0.381. The highest BCUT2D eigenvalue weighted by Crippen LogP contribution is 2.28. The number of aryl methyl sites for hydroxylation is 1. The molecular formula is C21H26N2O5. The highest BCUT2D eigenvalue weighted by Gasteiger charge is 2.14. The fourth-order valence-electron chi connectivity index (χ4n) is 2.65. The predicted molar refractivity (Wildman–Crippen MR) is 107 cm³/mol. The number of nitrogens with one attached hydrogen (secondary N) is 1. The van der Waals surface area contributed by atoms with Crippen molar-refractivity contribution in [1.29, 1.82) is 0 Å². The van der Waals surface area contributed by atoms with E-state index < -0.39 is 18.5 Å². The molecular weight excluding hydrogens is 360 g/mol. The lowest BCUT2D eigenvalue weighted by Crippen LogP contribution is -2.38. The van der Waals surface area contributed by atoms with Crippen LogP contribution in [0.15, 0.2) is 34.8 Å². The van der Waals surface area contributed by atoms with Gasteiger partial charge in [-0.1, -0.05) is 31.5 Å². The van der Waals surface area contributed by atoms with Gasteiger partial charge in [0.05, 0.1) is 6.54 Å². The van der Waals surface area contributed by atoms with E-state index in [0.717, 1.165) is 41.6 Å². The molecule has 28 heavy (non-hydrogen) atoms. The van der Waals surface area contributed by atoms with Crippen molar-refractivity contribution in [2.24, 2.45) is 0 Å². The van der Waals surface area contributed by atoms with Gasteiger partial charge < -0.3 is 19.4 Å². The lowest BCUT2D eigenvalue weighted by Gasteiger charge is -2.15. The molecule has 0 bridgehead atoms. The number of rotatable bonds is 9. The average Bonchev–Trinajstić information content (AvgIpc) is 3.05. The number of furan rings is 1. The summed E-state index contributed by atoms with van der Waals surface area (Å²) in [6, 6.07) is 7.65. The highest BCUT2D eigenvalue weighted by atomic mass is 16.5. The molecule has 1 aromatic heterocycles. The molecule has 2 amide bonds. The minimum atomic E-state index is -0.631. The molecule has 7 nitrogen and oxygen atoms in total. The first-order valence-electron chi connectivity index (χ1n) is 9.26. The number of para-hydroxylation sites is 1. The topological polar surface area (TPSA) is 88.8 Å². The second kappa shape index (κ2) is 10.3. The van der Waals surface area contributed by atoms with Crippen molar-refractivity contribution in [3.63, 3.8) is 0 Å². The maximum atomic E-state index is 12.0. The van der Waals surface area contributed by atoms with Crippen molar-refractivity contribution in [2.45, 2.75) is 26.2 Å². The second-order valence-corrected chi connectivity index (χ2v) is 6.40. The summed E-state index contributed by atoms with van der Waals surface area (Å²) in [4.78, 5) is 36.4. The molecule has 7 heteroatoms. The third-order valence-corrected chi connectivity index (χ3v) is 4.28. The van der Waals surface area contributed by atoms with E-state index in [9.17, 15) is 14.4 Å². The largest absolute Gasteiger partial charge is 0.460 e. The number of esters is 1. The van der Waals surface area contributed by atoms with Crippen LogP contribution >= 0.6 is 0 Å². The van der Waals surface area contributed by atoms with E-state index in [1.54, 1.807) is 6.08 Å². The molecule has 0 unspecified atom stereocenters. The van der Waals surface area contributed by atoms with Gasteiger partial charge in [0.15, 0.2) is 6.61 Å². The van der Waals surface area contributed by atoms with Crippen LogP contribution < -0.4 is 5.32 Å². The molecule has 0 fully saturated rings. The number of benzene rings is 1. The minimum absolute atomic E-state index is 0.0927. The van der Waals surface area contributed by atoms with Crippen LogP contribution in [0.3, 0.4) is 0 Å². The van der Waals surface area contributed by atoms with Crippen LogP contribution in [0.2, 0.25) is 0 Å². The van der Waals surface area contributed by atoms with Gasteiger partial charge in [0.1, 0.15) is 11.3 Å². The highest BCUT2D eigenvalue weighted by molar-refractivity contribution is 5.95. The lowest BCUT2D eigenvalue weighted by atomic mass is 10.1. The SMILES string of the molecule is CCCCc1oc2ccccc2c1/C=C/C(=O)OCC(=O)N(C)CC(=O)NC. The van der Waals surface area contributed by atoms with Crippen LogP contribution in [0.4, 0.5) is 0 Å². The van der Waals surface area contributed by atoms with E-state index in [0.29, 0.717) is 0 Å². The Hall–Kier alpha value is -3.09. The quantitative estimate of drug-likeness (QED) is 0.528. The molecule has 0 atom stereocenters. The van der Waals surface area contributed by atoms with Crippen LogP contribution in [0, 0.1) is 0 Å². The summed E-state index contributed by atoms with van der Waals surface area (Å²) >= 11 is 0. The van der Waals surface area contributed by atoms with Gasteiger partial charge in [-0.25, -0.2) is 4.79 Å². The third-order valence-electron chi connectivity index (χ3n) is 4.28. The summed E-state index contributed by atoms with van der Waals surface area (Å²) in [6.07, 6.45) is 5.75. The zero-order valence-corrected chi connectivity index (χ0v) is 16.5. The predicted octanol–water partition coefficient (Wildman–Crippen LogP) is 2.54. The molecule has 0 aliphatic heterocycles. The Morgan fingerprint density at radius 1 is 1.25 bits per heavy atom. The van der Waals surface area contributed by atoms with E-state index in [2.05, 4.69) is 12.2 Å². The number of fused-ring (bicyclic) bond motifs is 1. The number of unbranched alkanes of at least 4 members (excludes halogenated alkanes) is 1. The standard InChI is InChI=1S/C21H26N2O5/c1-4-5-9-17-16(15-8-6-7-10-18(15)28-17)11-12-21(26)27-14-20(25)23(3)13-19(24)22-2/h6-8,10-12H,4-5,9,13-14H2,1-3H3,(H,22,24)/b12-11+. The number of hydrogen-bond donors (Lipinski definition) is 1. The molecule has 0 spiro atoms. The molecule has 1 N–H and O–H groups in total. The second-order valence-electron chi connectivity index (χ2n) is 6.40. The van der Waals surface area contributed by atoms with Gasteiger partial charge in [-0.3, -0.25) is 9.59 Å². The van der Waals surface area contributed by atoms with E-state index in [1.165, 1.54) is 25.1 Å². The Balaban J connectivity index is 2.02. The van der Waals surface area contributed by atoms with Crippen LogP contribution in [0.1, 0.15) is 31.1 Å². The molecule has 2 aromatic rings. The minimum Gasteiger partial charge on any atom is -0.460 e. The molecule has 0 radical (unpaired) electrons. The third kappa shape index (κ3) is 5.70. The molecule has 1 heterocycles. The summed E-state index contributed by atoms with van der Waals surface area (Å²) in [7, 11) is 2.96. The van der Waals surface area contributed by atoms with E-state index in [1.807, 2.05) is 24.3 Å². The van der Waals surface area contributed by atoms with Gasteiger partial charge >= 0.3 is 5.97 Å². The lowest BCUT2D eigenvalue weighted by molar-refractivity contribution is -0.148. The van der Waals surface area contributed by atoms with Gasteiger partial charge in [0.2, 0.25) is 5.91 Å². The van der Waals surface area contributed by atoms with E-state index >= 15 is 0 Å². The van der Waals surface area contributed by atoms with Crippen LogP contribution in [-0.2, 0) is 25.5 Å². The first-order chi connectivity index (χ1) is 13.5. The van der Waals surface area contributed by atoms with Crippen LogP contribution in [0.5, 0.6) is 0 Å². The summed E-state index contributed by atoms with van der Waals surface area (Å²) in [5.74, 6) is -0.557. The number of hydrogen-bond acceptors (Lipinski definition) is 5. The Morgan fingerprint density at radius 3 is 2.71 bits per heavy atom. The zero-order chi connectivity index (χ0) is 20.5. The maximum absolute atomic E-state index is 12.0. The Bertz CT molecular complexity index is 869. The number of nitrogens with zero attached hydrogens (tertiary/aromatic N) is 1. The van der Waals surface area contributed by atoms with Crippen molar-refractivity contribution in [1.82, 2.24) is 10.2 Å². The molecule has 2 rings (SSSR count). The Labute approximate surface area is 164 Å². The van der Waals surface area contributed by atoms with Crippen molar-refractivity contribution < 1.29 is 23.5 Å². The number of carbonyl (C=O) groups excluding carboxylic acids is 3. The summed E-state index contributed by atoms with van der Waals surface area (Å²) < 4.78 is 10.9. The van der Waals surface area contributed by atoms with Crippen molar-refractivity contribution in [2.75, 3.05) is 27.2 Å². The van der Waals surface area contributed by atoms with Crippen LogP contribution in [0.25, 0.3) is 17.0 Å². The van der Waals surface area contributed by atoms with Gasteiger partial charge in [-0.15, -0.1) is 0 Å².